The third kappa shape index (κ3) is 5.94. The molecule has 0 aromatic heterocycles. The van der Waals surface area contributed by atoms with Gasteiger partial charge in [0.2, 0.25) is 10.0 Å². The maximum atomic E-state index is 12.9. The number of piperazine rings is 1. The summed E-state index contributed by atoms with van der Waals surface area (Å²) in [6, 6.07) is 4.13. The molecule has 1 aromatic rings. The number of rotatable bonds is 9. The van der Waals surface area contributed by atoms with E-state index in [1.807, 2.05) is 4.90 Å². The van der Waals surface area contributed by atoms with Crippen LogP contribution in [-0.2, 0) is 24.3 Å². The molecule has 2 aliphatic heterocycles. The van der Waals surface area contributed by atoms with Gasteiger partial charge >= 0.3 is 5.97 Å². The van der Waals surface area contributed by atoms with Crippen LogP contribution in [0, 0.1) is 10.1 Å². The van der Waals surface area contributed by atoms with Crippen LogP contribution in [0.4, 0.5) is 11.4 Å². The fourth-order valence-electron chi connectivity index (χ4n) is 3.91. The zero-order valence-electron chi connectivity index (χ0n) is 18.3. The van der Waals surface area contributed by atoms with E-state index in [-0.39, 0.29) is 29.6 Å². The van der Waals surface area contributed by atoms with Crippen molar-refractivity contribution in [1.29, 1.82) is 0 Å². The molecule has 3 rings (SSSR count). The zero-order valence-corrected chi connectivity index (χ0v) is 19.1. The lowest BCUT2D eigenvalue weighted by molar-refractivity contribution is -0.384. The van der Waals surface area contributed by atoms with Crippen LogP contribution in [0.25, 0.3) is 0 Å². The largest absolute Gasteiger partial charge is 0.466 e. The number of nitrogens with zero attached hydrogens (tertiary/aromatic N) is 4. The lowest BCUT2D eigenvalue weighted by Gasteiger charge is -2.35. The number of hydrogen-bond donors (Lipinski definition) is 0. The Morgan fingerprint density at radius 2 is 1.84 bits per heavy atom. The van der Waals surface area contributed by atoms with Crippen molar-refractivity contribution >= 4 is 27.4 Å². The van der Waals surface area contributed by atoms with Crippen LogP contribution in [0.5, 0.6) is 0 Å². The Morgan fingerprint density at radius 3 is 2.47 bits per heavy atom. The lowest BCUT2D eigenvalue weighted by atomic mass is 10.2. The number of nitro groups is 1. The number of nitro benzene ring substituents is 1. The van der Waals surface area contributed by atoms with Gasteiger partial charge in [-0.15, -0.1) is 0 Å². The monoisotopic (exact) mass is 470 g/mol. The number of sulfonamides is 1. The Balaban J connectivity index is 1.64. The van der Waals surface area contributed by atoms with Crippen molar-refractivity contribution in [1.82, 2.24) is 9.21 Å². The van der Waals surface area contributed by atoms with Crippen LogP contribution in [0.1, 0.15) is 19.8 Å². The van der Waals surface area contributed by atoms with Crippen LogP contribution < -0.4 is 4.90 Å². The van der Waals surface area contributed by atoms with E-state index in [0.29, 0.717) is 64.5 Å². The number of esters is 1. The fraction of sp³-hybridized carbons (Fsp3) is 0.650. The third-order valence-electron chi connectivity index (χ3n) is 5.62. The topological polar surface area (TPSA) is 123 Å². The predicted octanol–water partition coefficient (Wildman–Crippen LogP) is 1.08. The average molecular weight is 471 g/mol. The first-order chi connectivity index (χ1) is 15.3. The van der Waals surface area contributed by atoms with E-state index < -0.39 is 14.9 Å². The summed E-state index contributed by atoms with van der Waals surface area (Å²) < 4.78 is 37.2. The van der Waals surface area contributed by atoms with Gasteiger partial charge in [0.05, 0.1) is 29.6 Å². The summed E-state index contributed by atoms with van der Waals surface area (Å²) in [6.45, 7) is 6.56. The van der Waals surface area contributed by atoms with Crippen molar-refractivity contribution in [2.75, 3.05) is 70.5 Å². The van der Waals surface area contributed by atoms with Crippen molar-refractivity contribution < 1.29 is 27.6 Å². The first kappa shape index (κ1) is 24.4. The van der Waals surface area contributed by atoms with E-state index in [2.05, 4.69) is 4.90 Å². The molecule has 12 heteroatoms. The Labute approximate surface area is 188 Å². The minimum atomic E-state index is -3.81. The highest BCUT2D eigenvalue weighted by atomic mass is 32.2. The maximum absolute atomic E-state index is 12.9. The molecule has 1 aromatic carbocycles. The van der Waals surface area contributed by atoms with E-state index in [0.717, 1.165) is 12.6 Å². The molecular formula is C20H30N4O7S. The second kappa shape index (κ2) is 11.0. The molecule has 0 saturated carbocycles. The summed E-state index contributed by atoms with van der Waals surface area (Å²) in [7, 11) is -3.81. The van der Waals surface area contributed by atoms with E-state index in [1.165, 1.54) is 16.4 Å². The normalized spacial score (nSPS) is 18.5. The molecule has 2 aliphatic rings. The highest BCUT2D eigenvalue weighted by Crippen LogP contribution is 2.32. The number of carbonyl (C=O) groups is 1. The standard InChI is InChI=1S/C20H30N4O7S/c1-2-31-20(25)4-3-7-21-8-10-22(11-9-21)18-6-5-17(16-19(18)24(26)27)32(28,29)23-12-14-30-15-13-23/h5-6,16H,2-4,7-15H2,1H3. The molecule has 0 N–H and O–H groups in total. The summed E-state index contributed by atoms with van der Waals surface area (Å²) in [4.78, 5) is 26.7. The molecule has 32 heavy (non-hydrogen) atoms. The summed E-state index contributed by atoms with van der Waals surface area (Å²) >= 11 is 0. The van der Waals surface area contributed by atoms with Crippen LogP contribution in [0.15, 0.2) is 23.1 Å². The third-order valence-corrected chi connectivity index (χ3v) is 7.52. The number of morpholine rings is 1. The van der Waals surface area contributed by atoms with Crippen molar-refractivity contribution in [2.45, 2.75) is 24.7 Å². The van der Waals surface area contributed by atoms with Gasteiger partial charge < -0.3 is 14.4 Å². The first-order valence-electron chi connectivity index (χ1n) is 10.8. The summed E-state index contributed by atoms with van der Waals surface area (Å²) in [5, 5.41) is 11.7. The molecule has 0 aliphatic carbocycles. The molecule has 0 atom stereocenters. The number of hydrogen-bond acceptors (Lipinski definition) is 9. The van der Waals surface area contributed by atoms with Crippen molar-refractivity contribution in [3.8, 4) is 0 Å². The van der Waals surface area contributed by atoms with Gasteiger partial charge in [-0.1, -0.05) is 0 Å². The molecule has 0 unspecified atom stereocenters. The number of anilines is 1. The van der Waals surface area contributed by atoms with E-state index in [1.54, 1.807) is 6.92 Å². The molecule has 0 bridgehead atoms. The Hall–Kier alpha value is -2.28. The molecule has 0 radical (unpaired) electrons. The average Bonchev–Trinajstić information content (AvgIpc) is 2.80. The molecular weight excluding hydrogens is 440 g/mol. The Morgan fingerprint density at radius 1 is 1.16 bits per heavy atom. The molecule has 11 nitrogen and oxygen atoms in total. The van der Waals surface area contributed by atoms with Crippen LogP contribution in [0.2, 0.25) is 0 Å². The van der Waals surface area contributed by atoms with Crippen LogP contribution >= 0.6 is 0 Å². The van der Waals surface area contributed by atoms with Gasteiger partial charge in [-0.05, 0) is 32.0 Å². The van der Waals surface area contributed by atoms with Gasteiger partial charge in [0.25, 0.3) is 5.69 Å². The Bertz CT molecular complexity index is 911. The number of ether oxygens (including phenoxy) is 2. The minimum Gasteiger partial charge on any atom is -0.466 e. The zero-order chi connectivity index (χ0) is 23.1. The molecule has 0 spiro atoms. The van der Waals surface area contributed by atoms with E-state index in [9.17, 15) is 23.3 Å². The van der Waals surface area contributed by atoms with Crippen LogP contribution in [-0.4, -0.2) is 94.1 Å². The minimum absolute atomic E-state index is 0.0764. The Kier molecular flexibility index (Phi) is 8.40. The number of benzene rings is 1. The van der Waals surface area contributed by atoms with Crippen molar-refractivity contribution in [2.24, 2.45) is 0 Å². The van der Waals surface area contributed by atoms with Gasteiger partial charge in [0, 0.05) is 51.8 Å². The number of carbonyl (C=O) groups excluding carboxylic acids is 1. The molecule has 2 saturated heterocycles. The molecule has 0 amide bonds. The highest BCUT2D eigenvalue weighted by Gasteiger charge is 2.30. The highest BCUT2D eigenvalue weighted by molar-refractivity contribution is 7.89. The fourth-order valence-corrected chi connectivity index (χ4v) is 5.33. The second-order valence-corrected chi connectivity index (χ2v) is 9.60. The van der Waals surface area contributed by atoms with E-state index >= 15 is 0 Å². The second-order valence-electron chi connectivity index (χ2n) is 7.66. The molecule has 2 heterocycles. The van der Waals surface area contributed by atoms with Crippen molar-refractivity contribution in [3.05, 3.63) is 28.3 Å². The van der Waals surface area contributed by atoms with Crippen LogP contribution in [0.3, 0.4) is 0 Å². The van der Waals surface area contributed by atoms with E-state index in [4.69, 9.17) is 9.47 Å². The predicted molar refractivity (Wildman–Crippen MR) is 117 cm³/mol. The van der Waals surface area contributed by atoms with Gasteiger partial charge in [-0.2, -0.15) is 4.31 Å². The molecule has 2 fully saturated rings. The smallest absolute Gasteiger partial charge is 0.305 e. The van der Waals surface area contributed by atoms with Gasteiger partial charge in [-0.3, -0.25) is 19.8 Å². The lowest BCUT2D eigenvalue weighted by Crippen LogP contribution is -2.46. The van der Waals surface area contributed by atoms with Gasteiger partial charge in [0.1, 0.15) is 5.69 Å². The maximum Gasteiger partial charge on any atom is 0.305 e. The molecule has 178 valence electrons. The summed E-state index contributed by atoms with van der Waals surface area (Å²) in [6.07, 6.45) is 1.08. The summed E-state index contributed by atoms with van der Waals surface area (Å²) in [5.41, 5.74) is 0.206. The SMILES string of the molecule is CCOC(=O)CCCN1CCN(c2ccc(S(=O)(=O)N3CCOCC3)cc2[N+](=O)[O-])CC1. The van der Waals surface area contributed by atoms with Gasteiger partial charge in [0.15, 0.2) is 0 Å². The summed E-state index contributed by atoms with van der Waals surface area (Å²) in [5.74, 6) is -0.200. The first-order valence-corrected chi connectivity index (χ1v) is 12.3. The van der Waals surface area contributed by atoms with Gasteiger partial charge in [-0.25, -0.2) is 8.42 Å². The quantitative estimate of drug-likeness (QED) is 0.296. The van der Waals surface area contributed by atoms with Crippen molar-refractivity contribution in [3.63, 3.8) is 0 Å².